The number of nitrogens with zero attached hydrogens (tertiary/aromatic N) is 2. The Morgan fingerprint density at radius 1 is 1.42 bits per heavy atom. The van der Waals surface area contributed by atoms with Crippen LogP contribution in [0.5, 0.6) is 0 Å². The van der Waals surface area contributed by atoms with Crippen LogP contribution in [0.2, 0.25) is 0 Å². The molecule has 0 unspecified atom stereocenters. The third-order valence-electron chi connectivity index (χ3n) is 3.39. The first kappa shape index (κ1) is 13.5. The summed E-state index contributed by atoms with van der Waals surface area (Å²) in [6.45, 7) is 0. The summed E-state index contributed by atoms with van der Waals surface area (Å²) in [5.74, 6) is -1.20. The van der Waals surface area contributed by atoms with Gasteiger partial charge in [0.15, 0.2) is 5.41 Å². The zero-order valence-electron chi connectivity index (χ0n) is 10.4. The van der Waals surface area contributed by atoms with Gasteiger partial charge >= 0.3 is 5.97 Å². The van der Waals surface area contributed by atoms with Gasteiger partial charge in [0, 0.05) is 10.1 Å². The van der Waals surface area contributed by atoms with Crippen LogP contribution in [0.15, 0.2) is 35.2 Å². The molecule has 3 atom stereocenters. The first-order valence-corrected chi connectivity index (χ1v) is 6.68. The summed E-state index contributed by atoms with van der Waals surface area (Å²) < 4.78 is 4.72. The Kier molecular flexibility index (Phi) is 3.78. The molecular formula is C14H12N2O2S. The van der Waals surface area contributed by atoms with Crippen molar-refractivity contribution in [3.05, 3.63) is 30.3 Å². The molecule has 1 aromatic rings. The molecule has 1 aromatic carbocycles. The molecule has 4 nitrogen and oxygen atoms in total. The summed E-state index contributed by atoms with van der Waals surface area (Å²) in [4.78, 5) is 12.9. The third kappa shape index (κ3) is 2.07. The molecule has 5 heteroatoms. The Bertz CT molecular complexity index is 561. The van der Waals surface area contributed by atoms with Gasteiger partial charge < -0.3 is 4.74 Å². The number of methoxy groups -OCH3 is 1. The fourth-order valence-corrected chi connectivity index (χ4v) is 3.68. The van der Waals surface area contributed by atoms with Crippen LogP contribution in [-0.2, 0) is 9.53 Å². The fourth-order valence-electron chi connectivity index (χ4n) is 2.25. The first-order valence-electron chi connectivity index (χ1n) is 5.80. The maximum atomic E-state index is 11.9. The number of rotatable bonds is 3. The number of ether oxygens (including phenoxy) is 1. The van der Waals surface area contributed by atoms with E-state index in [4.69, 9.17) is 10.00 Å². The second-order valence-electron chi connectivity index (χ2n) is 4.31. The Morgan fingerprint density at radius 3 is 2.63 bits per heavy atom. The van der Waals surface area contributed by atoms with Gasteiger partial charge in [0.1, 0.15) is 0 Å². The molecule has 0 bridgehead atoms. The zero-order chi connectivity index (χ0) is 13.9. The Balaban J connectivity index is 2.25. The van der Waals surface area contributed by atoms with Crippen LogP contribution in [0.3, 0.4) is 0 Å². The molecule has 19 heavy (non-hydrogen) atoms. The van der Waals surface area contributed by atoms with Gasteiger partial charge in [-0.05, 0) is 18.6 Å². The van der Waals surface area contributed by atoms with Gasteiger partial charge in [0.2, 0.25) is 0 Å². The van der Waals surface area contributed by atoms with E-state index in [1.807, 2.05) is 42.5 Å². The quantitative estimate of drug-likeness (QED) is 0.790. The summed E-state index contributed by atoms with van der Waals surface area (Å²) >= 11 is 1.45. The molecule has 0 radical (unpaired) electrons. The van der Waals surface area contributed by atoms with Crippen molar-refractivity contribution in [3.63, 3.8) is 0 Å². The molecule has 0 heterocycles. The number of benzene rings is 1. The number of carbonyl (C=O) groups excluding carboxylic acids is 1. The van der Waals surface area contributed by atoms with Crippen LogP contribution in [0.4, 0.5) is 0 Å². The Hall–Kier alpha value is -1.98. The molecule has 1 fully saturated rings. The largest absolute Gasteiger partial charge is 0.468 e. The molecule has 1 aliphatic carbocycles. The topological polar surface area (TPSA) is 73.9 Å². The van der Waals surface area contributed by atoms with Crippen molar-refractivity contribution in [3.8, 4) is 12.1 Å². The standard InChI is InChI=1S/C14H12N2O2S/c1-18-13(17)14(9-16)10(8-15)7-12(14)19-11-5-3-2-4-6-11/h2-6,10,12H,7H2,1H3/t10-,12+,14+/m1/s1. The van der Waals surface area contributed by atoms with Gasteiger partial charge in [-0.1, -0.05) is 18.2 Å². The summed E-state index contributed by atoms with van der Waals surface area (Å²) in [5.41, 5.74) is -1.34. The molecule has 0 spiro atoms. The van der Waals surface area contributed by atoms with E-state index in [0.717, 1.165) is 4.90 Å². The lowest BCUT2D eigenvalue weighted by atomic mass is 9.61. The van der Waals surface area contributed by atoms with Crippen molar-refractivity contribution in [1.29, 1.82) is 10.5 Å². The van der Waals surface area contributed by atoms with Crippen LogP contribution in [0.25, 0.3) is 0 Å². The second kappa shape index (κ2) is 5.34. The normalized spacial score (nSPS) is 28.6. The monoisotopic (exact) mass is 272 g/mol. The second-order valence-corrected chi connectivity index (χ2v) is 5.59. The van der Waals surface area contributed by atoms with Gasteiger partial charge in [0.05, 0.1) is 25.2 Å². The van der Waals surface area contributed by atoms with Gasteiger partial charge in [-0.2, -0.15) is 10.5 Å². The minimum Gasteiger partial charge on any atom is -0.468 e. The third-order valence-corrected chi connectivity index (χ3v) is 4.79. The number of hydrogen-bond acceptors (Lipinski definition) is 5. The van der Waals surface area contributed by atoms with Crippen LogP contribution >= 0.6 is 11.8 Å². The molecule has 96 valence electrons. The van der Waals surface area contributed by atoms with Crippen molar-refractivity contribution in [2.24, 2.45) is 11.3 Å². The minimum atomic E-state index is -1.34. The molecule has 1 aliphatic rings. The number of carbonyl (C=O) groups is 1. The highest BCUT2D eigenvalue weighted by Gasteiger charge is 2.63. The maximum Gasteiger partial charge on any atom is 0.328 e. The van der Waals surface area contributed by atoms with Gasteiger partial charge in [-0.3, -0.25) is 4.79 Å². The number of thioether (sulfide) groups is 1. The molecule has 0 amide bonds. The summed E-state index contributed by atoms with van der Waals surface area (Å²) in [6, 6.07) is 13.6. The summed E-state index contributed by atoms with van der Waals surface area (Å²) in [5, 5.41) is 18.2. The van der Waals surface area contributed by atoms with E-state index in [9.17, 15) is 10.1 Å². The Morgan fingerprint density at radius 2 is 2.11 bits per heavy atom. The van der Waals surface area contributed by atoms with E-state index in [2.05, 4.69) is 0 Å². The smallest absolute Gasteiger partial charge is 0.328 e. The summed E-state index contributed by atoms with van der Waals surface area (Å²) in [6.07, 6.45) is 0.527. The van der Waals surface area contributed by atoms with E-state index < -0.39 is 17.3 Å². The van der Waals surface area contributed by atoms with Crippen molar-refractivity contribution in [1.82, 2.24) is 0 Å². The van der Waals surface area contributed by atoms with Gasteiger partial charge in [0.25, 0.3) is 0 Å². The van der Waals surface area contributed by atoms with Gasteiger partial charge in [-0.15, -0.1) is 11.8 Å². The zero-order valence-corrected chi connectivity index (χ0v) is 11.2. The molecule has 2 rings (SSSR count). The lowest BCUT2D eigenvalue weighted by Crippen LogP contribution is -2.55. The van der Waals surface area contributed by atoms with Crippen molar-refractivity contribution in [2.75, 3.05) is 7.11 Å². The average molecular weight is 272 g/mol. The minimum absolute atomic E-state index is 0.239. The fraction of sp³-hybridized carbons (Fsp3) is 0.357. The number of esters is 1. The van der Waals surface area contributed by atoms with Crippen molar-refractivity contribution in [2.45, 2.75) is 16.6 Å². The van der Waals surface area contributed by atoms with Crippen molar-refractivity contribution >= 4 is 17.7 Å². The lowest BCUT2D eigenvalue weighted by Gasteiger charge is -2.45. The highest BCUT2D eigenvalue weighted by atomic mass is 32.2. The maximum absolute atomic E-state index is 11.9. The van der Waals surface area contributed by atoms with Crippen LogP contribution in [-0.4, -0.2) is 18.3 Å². The van der Waals surface area contributed by atoms with E-state index in [0.29, 0.717) is 6.42 Å². The predicted octanol–water partition coefficient (Wildman–Crippen LogP) is 2.37. The SMILES string of the molecule is COC(=O)[C@]1(C#N)[C@@H](Sc2ccccc2)C[C@@H]1C#N. The molecule has 0 N–H and O–H groups in total. The number of hydrogen-bond donors (Lipinski definition) is 0. The van der Waals surface area contributed by atoms with E-state index in [1.54, 1.807) is 0 Å². The Labute approximate surface area is 116 Å². The van der Waals surface area contributed by atoms with Crippen LogP contribution in [0, 0.1) is 34.0 Å². The summed E-state index contributed by atoms with van der Waals surface area (Å²) in [7, 11) is 1.25. The van der Waals surface area contributed by atoms with E-state index >= 15 is 0 Å². The molecular weight excluding hydrogens is 260 g/mol. The van der Waals surface area contributed by atoms with E-state index in [1.165, 1.54) is 18.9 Å². The van der Waals surface area contributed by atoms with E-state index in [-0.39, 0.29) is 5.25 Å². The highest BCUT2D eigenvalue weighted by Crippen LogP contribution is 2.54. The van der Waals surface area contributed by atoms with Crippen molar-refractivity contribution < 1.29 is 9.53 Å². The molecule has 0 saturated heterocycles. The molecule has 1 saturated carbocycles. The molecule has 0 aliphatic heterocycles. The van der Waals surface area contributed by atoms with Crippen LogP contribution in [0.1, 0.15) is 6.42 Å². The predicted molar refractivity (Wildman–Crippen MR) is 69.9 cm³/mol. The lowest BCUT2D eigenvalue weighted by molar-refractivity contribution is -0.155. The number of nitriles is 2. The average Bonchev–Trinajstić information content (AvgIpc) is 2.44. The van der Waals surface area contributed by atoms with Crippen LogP contribution < -0.4 is 0 Å². The highest BCUT2D eigenvalue weighted by molar-refractivity contribution is 8.00. The first-order chi connectivity index (χ1) is 9.18. The van der Waals surface area contributed by atoms with Gasteiger partial charge in [-0.25, -0.2) is 0 Å². The molecule has 0 aromatic heterocycles.